The largest absolute Gasteiger partial charge is 0.324 e. The summed E-state index contributed by atoms with van der Waals surface area (Å²) in [5.74, 6) is -0.136. The lowest BCUT2D eigenvalue weighted by Crippen LogP contribution is -2.34. The van der Waals surface area contributed by atoms with Crippen LogP contribution in [0.1, 0.15) is 22.8 Å². The first-order chi connectivity index (χ1) is 8.34. The SMILES string of the molecule is CC1Cc2cc(C(=O)CN)ccc2N1S(C)(=O)=O. The summed E-state index contributed by atoms with van der Waals surface area (Å²) in [6.07, 6.45) is 1.81. The molecule has 0 saturated carbocycles. The minimum atomic E-state index is -3.28. The van der Waals surface area contributed by atoms with Gasteiger partial charge in [-0.2, -0.15) is 0 Å². The topological polar surface area (TPSA) is 80.5 Å². The van der Waals surface area contributed by atoms with E-state index in [1.807, 2.05) is 6.92 Å². The molecule has 5 nitrogen and oxygen atoms in total. The predicted molar refractivity (Wildman–Crippen MR) is 70.3 cm³/mol. The molecule has 0 spiro atoms. The summed E-state index contributed by atoms with van der Waals surface area (Å²) in [4.78, 5) is 11.5. The van der Waals surface area contributed by atoms with Gasteiger partial charge in [-0.05, 0) is 37.1 Å². The zero-order chi connectivity index (χ0) is 13.5. The number of Topliss-reactive ketones (excluding diaryl/α,β-unsaturated/α-hetero) is 1. The minimum absolute atomic E-state index is 0.0376. The lowest BCUT2D eigenvalue weighted by atomic mass is 10.0. The molecule has 0 radical (unpaired) electrons. The van der Waals surface area contributed by atoms with E-state index in [1.54, 1.807) is 18.2 Å². The van der Waals surface area contributed by atoms with Crippen molar-refractivity contribution in [3.63, 3.8) is 0 Å². The third-order valence-corrected chi connectivity index (χ3v) is 4.37. The van der Waals surface area contributed by atoms with Crippen molar-refractivity contribution in [3.05, 3.63) is 29.3 Å². The Kier molecular flexibility index (Phi) is 3.16. The summed E-state index contributed by atoms with van der Waals surface area (Å²) in [6.45, 7) is 1.82. The highest BCUT2D eigenvalue weighted by atomic mass is 32.2. The molecule has 0 aromatic heterocycles. The summed E-state index contributed by atoms with van der Waals surface area (Å²) in [5, 5.41) is 0. The van der Waals surface area contributed by atoms with Gasteiger partial charge in [0.2, 0.25) is 10.0 Å². The van der Waals surface area contributed by atoms with Crippen LogP contribution in [0.3, 0.4) is 0 Å². The van der Waals surface area contributed by atoms with Crippen LogP contribution < -0.4 is 10.0 Å². The maximum Gasteiger partial charge on any atom is 0.232 e. The smallest absolute Gasteiger partial charge is 0.232 e. The molecule has 0 fully saturated rings. The fourth-order valence-electron chi connectivity index (χ4n) is 2.40. The number of nitrogens with two attached hydrogens (primary N) is 1. The first kappa shape index (κ1) is 13.0. The number of benzene rings is 1. The zero-order valence-electron chi connectivity index (χ0n) is 10.4. The van der Waals surface area contributed by atoms with E-state index in [9.17, 15) is 13.2 Å². The second-order valence-electron chi connectivity index (χ2n) is 4.58. The van der Waals surface area contributed by atoms with E-state index < -0.39 is 10.0 Å². The minimum Gasteiger partial charge on any atom is -0.324 e. The van der Waals surface area contributed by atoms with Crippen molar-refractivity contribution < 1.29 is 13.2 Å². The summed E-state index contributed by atoms with van der Waals surface area (Å²) < 4.78 is 24.8. The van der Waals surface area contributed by atoms with Crippen molar-refractivity contribution in [1.82, 2.24) is 0 Å². The molecule has 1 aromatic carbocycles. The van der Waals surface area contributed by atoms with E-state index in [0.717, 1.165) is 5.56 Å². The van der Waals surface area contributed by atoms with E-state index in [4.69, 9.17) is 5.73 Å². The molecule has 2 rings (SSSR count). The molecule has 1 atom stereocenters. The molecule has 1 unspecified atom stereocenters. The highest BCUT2D eigenvalue weighted by Crippen LogP contribution is 2.34. The van der Waals surface area contributed by atoms with E-state index in [0.29, 0.717) is 17.7 Å². The molecule has 6 heteroatoms. The highest BCUT2D eigenvalue weighted by Gasteiger charge is 2.32. The number of carbonyl (C=O) groups excluding carboxylic acids is 1. The second kappa shape index (κ2) is 4.37. The number of anilines is 1. The van der Waals surface area contributed by atoms with Gasteiger partial charge in [-0.25, -0.2) is 8.42 Å². The predicted octanol–water partition coefficient (Wildman–Crippen LogP) is 0.539. The fraction of sp³-hybridized carbons (Fsp3) is 0.417. The van der Waals surface area contributed by atoms with Crippen molar-refractivity contribution in [3.8, 4) is 0 Å². The van der Waals surface area contributed by atoms with Gasteiger partial charge < -0.3 is 5.73 Å². The molecule has 18 heavy (non-hydrogen) atoms. The Morgan fingerprint density at radius 1 is 1.50 bits per heavy atom. The van der Waals surface area contributed by atoms with Crippen LogP contribution in [0.4, 0.5) is 5.69 Å². The summed E-state index contributed by atoms with van der Waals surface area (Å²) in [7, 11) is -3.28. The fourth-order valence-corrected chi connectivity index (χ4v) is 3.66. The van der Waals surface area contributed by atoms with Gasteiger partial charge in [-0.1, -0.05) is 0 Å². The molecular weight excluding hydrogens is 252 g/mol. The highest BCUT2D eigenvalue weighted by molar-refractivity contribution is 7.92. The van der Waals surface area contributed by atoms with Crippen LogP contribution in [0, 0.1) is 0 Å². The molecule has 0 amide bonds. The van der Waals surface area contributed by atoms with E-state index in [2.05, 4.69) is 0 Å². The Labute approximate surface area is 107 Å². The van der Waals surface area contributed by atoms with Crippen molar-refractivity contribution in [1.29, 1.82) is 0 Å². The second-order valence-corrected chi connectivity index (χ2v) is 6.44. The Morgan fingerprint density at radius 3 is 2.72 bits per heavy atom. The maximum atomic E-state index is 11.7. The number of carbonyl (C=O) groups is 1. The van der Waals surface area contributed by atoms with Crippen molar-refractivity contribution in [2.75, 3.05) is 17.1 Å². The van der Waals surface area contributed by atoms with Crippen LogP contribution in [0.2, 0.25) is 0 Å². The monoisotopic (exact) mass is 268 g/mol. The molecule has 1 aliphatic rings. The van der Waals surface area contributed by atoms with Crippen LogP contribution in [0.5, 0.6) is 0 Å². The van der Waals surface area contributed by atoms with E-state index in [-0.39, 0.29) is 18.4 Å². The van der Waals surface area contributed by atoms with Gasteiger partial charge in [0.1, 0.15) is 0 Å². The van der Waals surface area contributed by atoms with Crippen molar-refractivity contribution in [2.24, 2.45) is 5.73 Å². The standard InChI is InChI=1S/C12H16N2O3S/c1-8-5-10-6-9(12(15)7-13)3-4-11(10)14(8)18(2,16)17/h3-4,6,8H,5,7,13H2,1-2H3. The molecule has 98 valence electrons. The van der Waals surface area contributed by atoms with E-state index in [1.165, 1.54) is 10.6 Å². The molecule has 0 bridgehead atoms. The average Bonchev–Trinajstić information content (AvgIpc) is 2.62. The van der Waals surface area contributed by atoms with Gasteiger partial charge in [-0.3, -0.25) is 9.10 Å². The molecule has 1 heterocycles. The maximum absolute atomic E-state index is 11.7. The van der Waals surface area contributed by atoms with Gasteiger partial charge in [0.15, 0.2) is 5.78 Å². The number of hydrogen-bond acceptors (Lipinski definition) is 4. The molecular formula is C12H16N2O3S. The molecule has 0 saturated heterocycles. The molecule has 2 N–H and O–H groups in total. The molecule has 0 aliphatic carbocycles. The van der Waals surface area contributed by atoms with Gasteiger partial charge in [0.05, 0.1) is 18.5 Å². The number of ketones is 1. The lowest BCUT2D eigenvalue weighted by molar-refractivity contribution is 0.100. The van der Waals surface area contributed by atoms with Gasteiger partial charge in [0, 0.05) is 11.6 Å². The average molecular weight is 268 g/mol. The first-order valence-corrected chi connectivity index (χ1v) is 7.55. The normalized spacial score (nSPS) is 18.8. The first-order valence-electron chi connectivity index (χ1n) is 5.70. The number of sulfonamides is 1. The van der Waals surface area contributed by atoms with Crippen LogP contribution in [-0.2, 0) is 16.4 Å². The third kappa shape index (κ3) is 2.13. The third-order valence-electron chi connectivity index (χ3n) is 3.10. The Balaban J connectivity index is 2.48. The number of fused-ring (bicyclic) bond motifs is 1. The van der Waals surface area contributed by atoms with Gasteiger partial charge >= 0.3 is 0 Å². The van der Waals surface area contributed by atoms with Crippen molar-refractivity contribution in [2.45, 2.75) is 19.4 Å². The van der Waals surface area contributed by atoms with Gasteiger partial charge in [0.25, 0.3) is 0 Å². The van der Waals surface area contributed by atoms with Gasteiger partial charge in [-0.15, -0.1) is 0 Å². The van der Waals surface area contributed by atoms with Crippen molar-refractivity contribution >= 4 is 21.5 Å². The molecule has 1 aliphatic heterocycles. The number of nitrogens with zero attached hydrogens (tertiary/aromatic N) is 1. The summed E-state index contributed by atoms with van der Waals surface area (Å²) in [5.41, 5.74) is 7.40. The van der Waals surface area contributed by atoms with E-state index >= 15 is 0 Å². The zero-order valence-corrected chi connectivity index (χ0v) is 11.2. The number of hydrogen-bond donors (Lipinski definition) is 1. The molecule has 1 aromatic rings. The summed E-state index contributed by atoms with van der Waals surface area (Å²) in [6, 6.07) is 4.94. The van der Waals surface area contributed by atoms with Crippen LogP contribution in [0.15, 0.2) is 18.2 Å². The Morgan fingerprint density at radius 2 is 2.17 bits per heavy atom. The number of rotatable bonds is 3. The van der Waals surface area contributed by atoms with Crippen LogP contribution >= 0.6 is 0 Å². The van der Waals surface area contributed by atoms with Crippen LogP contribution in [0.25, 0.3) is 0 Å². The quantitative estimate of drug-likeness (QED) is 0.811. The summed E-state index contributed by atoms with van der Waals surface area (Å²) >= 11 is 0. The lowest BCUT2D eigenvalue weighted by Gasteiger charge is -2.21. The Bertz CT molecular complexity index is 595. The van der Waals surface area contributed by atoms with Crippen LogP contribution in [-0.4, -0.2) is 33.0 Å². The Hall–Kier alpha value is -1.40.